The van der Waals surface area contributed by atoms with E-state index in [4.69, 9.17) is 4.74 Å². The monoisotopic (exact) mass is 255 g/mol. The van der Waals surface area contributed by atoms with Gasteiger partial charge in [0.25, 0.3) is 0 Å². The highest BCUT2D eigenvalue weighted by Crippen LogP contribution is 2.37. The molecule has 1 fully saturated rings. The van der Waals surface area contributed by atoms with Gasteiger partial charge in [0.2, 0.25) is 0 Å². The summed E-state index contributed by atoms with van der Waals surface area (Å²) >= 11 is 1.92. The van der Waals surface area contributed by atoms with Gasteiger partial charge in [-0.3, -0.25) is 0 Å². The third-order valence-electron chi connectivity index (χ3n) is 3.20. The predicted molar refractivity (Wildman–Crippen MR) is 70.2 cm³/mol. The summed E-state index contributed by atoms with van der Waals surface area (Å²) in [5.74, 6) is 1.27. The molecule has 0 amide bonds. The first kappa shape index (κ1) is 12.7. The minimum Gasteiger partial charge on any atom is -0.494 e. The number of benzene rings is 1. The minimum absolute atomic E-state index is 0.0672. The first-order valence-corrected chi connectivity index (χ1v) is 6.94. The first-order chi connectivity index (χ1) is 8.27. The Labute approximate surface area is 106 Å². The molecule has 2 rings (SSSR count). The number of methoxy groups -OCH3 is 1. The molecule has 1 N–H and O–H groups in total. The van der Waals surface area contributed by atoms with Crippen molar-refractivity contribution in [2.24, 2.45) is 0 Å². The van der Waals surface area contributed by atoms with Gasteiger partial charge in [-0.15, -0.1) is 0 Å². The van der Waals surface area contributed by atoms with Crippen molar-refractivity contribution in [3.8, 4) is 5.75 Å². The normalized spacial score (nSPS) is 21.5. The predicted octanol–water partition coefficient (Wildman–Crippen LogP) is 2.99. The van der Waals surface area contributed by atoms with Crippen molar-refractivity contribution in [3.63, 3.8) is 0 Å². The van der Waals surface area contributed by atoms with Crippen molar-refractivity contribution in [3.05, 3.63) is 29.6 Å². The fourth-order valence-corrected chi connectivity index (χ4v) is 3.78. The quantitative estimate of drug-likeness (QED) is 0.893. The Morgan fingerprint density at radius 3 is 2.94 bits per heavy atom. The summed E-state index contributed by atoms with van der Waals surface area (Å²) in [5.41, 5.74) is 0.714. The molecule has 1 aliphatic heterocycles. The zero-order chi connectivity index (χ0) is 12.3. The number of ether oxygens (including phenoxy) is 1. The molecular weight excluding hydrogens is 237 g/mol. The number of rotatable bonds is 4. The Bertz CT molecular complexity index is 380. The summed E-state index contributed by atoms with van der Waals surface area (Å²) in [5, 5.41) is 3.70. The minimum atomic E-state index is -0.234. The van der Waals surface area contributed by atoms with E-state index in [9.17, 15) is 4.39 Å². The van der Waals surface area contributed by atoms with Gasteiger partial charge in [0, 0.05) is 16.9 Å². The highest BCUT2D eigenvalue weighted by molar-refractivity contribution is 8.00. The molecule has 0 aliphatic carbocycles. The Morgan fingerprint density at radius 1 is 1.53 bits per heavy atom. The second kappa shape index (κ2) is 5.74. The van der Waals surface area contributed by atoms with E-state index in [0.717, 1.165) is 6.42 Å². The molecule has 94 valence electrons. The van der Waals surface area contributed by atoms with E-state index in [1.807, 2.05) is 30.9 Å². The van der Waals surface area contributed by atoms with Crippen molar-refractivity contribution in [2.45, 2.75) is 24.1 Å². The van der Waals surface area contributed by atoms with Gasteiger partial charge < -0.3 is 10.1 Å². The van der Waals surface area contributed by atoms with Crippen LogP contribution in [0, 0.1) is 5.82 Å². The maximum atomic E-state index is 14.2. The van der Waals surface area contributed by atoms with Crippen LogP contribution in [0.3, 0.4) is 0 Å². The van der Waals surface area contributed by atoms with Gasteiger partial charge in [0.15, 0.2) is 11.6 Å². The summed E-state index contributed by atoms with van der Waals surface area (Å²) in [7, 11) is 3.39. The summed E-state index contributed by atoms with van der Waals surface area (Å²) in [6.45, 7) is 0. The summed E-state index contributed by atoms with van der Waals surface area (Å²) in [4.78, 5) is 0. The van der Waals surface area contributed by atoms with Crippen LogP contribution in [0.2, 0.25) is 0 Å². The third-order valence-corrected chi connectivity index (χ3v) is 4.66. The van der Waals surface area contributed by atoms with Gasteiger partial charge in [0.05, 0.1) is 7.11 Å². The highest BCUT2D eigenvalue weighted by Gasteiger charge is 2.28. The molecule has 1 heterocycles. The van der Waals surface area contributed by atoms with Crippen molar-refractivity contribution in [1.29, 1.82) is 0 Å². The van der Waals surface area contributed by atoms with Gasteiger partial charge in [-0.25, -0.2) is 4.39 Å². The van der Waals surface area contributed by atoms with Crippen LogP contribution in [0.25, 0.3) is 0 Å². The third kappa shape index (κ3) is 2.58. The molecule has 2 atom stereocenters. The van der Waals surface area contributed by atoms with Crippen molar-refractivity contribution >= 4 is 11.8 Å². The zero-order valence-corrected chi connectivity index (χ0v) is 11.0. The van der Waals surface area contributed by atoms with Gasteiger partial charge in [-0.2, -0.15) is 11.8 Å². The zero-order valence-electron chi connectivity index (χ0n) is 10.2. The largest absolute Gasteiger partial charge is 0.494 e. The molecule has 0 radical (unpaired) electrons. The Morgan fingerprint density at radius 2 is 2.35 bits per heavy atom. The molecule has 4 heteroatoms. The van der Waals surface area contributed by atoms with Gasteiger partial charge in [0.1, 0.15) is 0 Å². The topological polar surface area (TPSA) is 21.3 Å². The van der Waals surface area contributed by atoms with Crippen LogP contribution in [-0.2, 0) is 0 Å². The van der Waals surface area contributed by atoms with E-state index >= 15 is 0 Å². The van der Waals surface area contributed by atoms with E-state index in [2.05, 4.69) is 5.32 Å². The second-order valence-corrected chi connectivity index (χ2v) is 5.53. The van der Waals surface area contributed by atoms with Crippen LogP contribution in [0.5, 0.6) is 5.75 Å². The van der Waals surface area contributed by atoms with E-state index in [1.54, 1.807) is 6.07 Å². The lowest BCUT2D eigenvalue weighted by molar-refractivity contribution is 0.379. The van der Waals surface area contributed by atoms with Crippen LogP contribution in [0.15, 0.2) is 18.2 Å². The van der Waals surface area contributed by atoms with E-state index < -0.39 is 0 Å². The summed E-state index contributed by atoms with van der Waals surface area (Å²) < 4.78 is 19.2. The molecule has 0 spiro atoms. The second-order valence-electron chi connectivity index (χ2n) is 4.18. The molecule has 1 aliphatic rings. The Kier molecular flexibility index (Phi) is 4.29. The van der Waals surface area contributed by atoms with Crippen LogP contribution < -0.4 is 10.1 Å². The van der Waals surface area contributed by atoms with Crippen molar-refractivity contribution in [1.82, 2.24) is 5.32 Å². The average Bonchev–Trinajstić information content (AvgIpc) is 2.86. The Hall–Kier alpha value is -0.740. The molecule has 0 saturated carbocycles. The molecule has 2 unspecified atom stereocenters. The fourth-order valence-electron chi connectivity index (χ4n) is 2.33. The maximum Gasteiger partial charge on any atom is 0.169 e. The number of halogens is 1. The highest BCUT2D eigenvalue weighted by atomic mass is 32.2. The fraction of sp³-hybridized carbons (Fsp3) is 0.538. The molecule has 17 heavy (non-hydrogen) atoms. The maximum absolute atomic E-state index is 14.2. The molecule has 0 bridgehead atoms. The molecule has 0 aromatic heterocycles. The molecular formula is C13H18FNOS. The summed E-state index contributed by atoms with van der Waals surface area (Å²) in [6, 6.07) is 5.42. The number of nitrogens with one attached hydrogen (secondary N) is 1. The molecule has 1 saturated heterocycles. The van der Waals surface area contributed by atoms with Crippen molar-refractivity contribution in [2.75, 3.05) is 19.9 Å². The molecule has 1 aromatic carbocycles. The smallest absolute Gasteiger partial charge is 0.169 e. The van der Waals surface area contributed by atoms with Gasteiger partial charge in [-0.1, -0.05) is 12.1 Å². The van der Waals surface area contributed by atoms with E-state index in [-0.39, 0.29) is 11.9 Å². The molecule has 1 aromatic rings. The van der Waals surface area contributed by atoms with Crippen LogP contribution >= 0.6 is 11.8 Å². The van der Waals surface area contributed by atoms with E-state index in [1.165, 1.54) is 19.3 Å². The van der Waals surface area contributed by atoms with Crippen LogP contribution in [0.1, 0.15) is 24.4 Å². The summed E-state index contributed by atoms with van der Waals surface area (Å²) in [6.07, 6.45) is 2.37. The van der Waals surface area contributed by atoms with Crippen LogP contribution in [-0.4, -0.2) is 25.2 Å². The Balaban J connectivity index is 2.29. The number of hydrogen-bond acceptors (Lipinski definition) is 3. The number of hydrogen-bond donors (Lipinski definition) is 1. The lowest BCUT2D eigenvalue weighted by atomic mass is 10.00. The van der Waals surface area contributed by atoms with E-state index in [0.29, 0.717) is 16.6 Å². The lowest BCUT2D eigenvalue weighted by Crippen LogP contribution is -2.26. The van der Waals surface area contributed by atoms with Gasteiger partial charge in [-0.05, 0) is 31.7 Å². The SMILES string of the molecule is CNC(c1cccc(OC)c1F)C1CCCS1. The lowest BCUT2D eigenvalue weighted by Gasteiger charge is -2.23. The first-order valence-electron chi connectivity index (χ1n) is 5.89. The van der Waals surface area contributed by atoms with Crippen molar-refractivity contribution < 1.29 is 9.13 Å². The molecule has 2 nitrogen and oxygen atoms in total. The van der Waals surface area contributed by atoms with Gasteiger partial charge >= 0.3 is 0 Å². The number of thioether (sulfide) groups is 1. The van der Waals surface area contributed by atoms with Crippen LogP contribution in [0.4, 0.5) is 4.39 Å². The standard InChI is InChI=1S/C13H18FNOS/c1-15-13(11-7-4-8-17-11)9-5-3-6-10(16-2)12(9)14/h3,5-6,11,13,15H,4,7-8H2,1-2H3. The average molecular weight is 255 g/mol.